The van der Waals surface area contributed by atoms with Crippen LogP contribution in [-0.4, -0.2) is 36.5 Å². The van der Waals surface area contributed by atoms with E-state index in [1.165, 1.54) is 25.0 Å². The standard InChI is InChI=1S/C22H25FN2O2/c1-15(16-8-10-17(23)11-9-16)22(26)24-19-14-27-20-7-3-2-6-18(20)21(19)25-12-4-5-13-25/h2-3,6-11,15,19,21H,4-5,12-14H2,1H3,(H,24,26)/t15-,19-,21-/m0/s1. The van der Waals surface area contributed by atoms with Gasteiger partial charge in [-0.05, 0) is 56.6 Å². The van der Waals surface area contributed by atoms with Crippen molar-refractivity contribution in [2.45, 2.75) is 37.8 Å². The van der Waals surface area contributed by atoms with Gasteiger partial charge < -0.3 is 10.1 Å². The monoisotopic (exact) mass is 368 g/mol. The normalized spacial score (nSPS) is 23.3. The van der Waals surface area contributed by atoms with Gasteiger partial charge in [-0.2, -0.15) is 0 Å². The summed E-state index contributed by atoms with van der Waals surface area (Å²) < 4.78 is 19.1. The lowest BCUT2D eigenvalue weighted by Gasteiger charge is -2.39. The summed E-state index contributed by atoms with van der Waals surface area (Å²) in [5.74, 6) is 0.213. The van der Waals surface area contributed by atoms with Crippen molar-refractivity contribution in [2.24, 2.45) is 0 Å². The third-order valence-electron chi connectivity index (χ3n) is 5.66. The van der Waals surface area contributed by atoms with Gasteiger partial charge in [-0.25, -0.2) is 4.39 Å². The van der Waals surface area contributed by atoms with Crippen LogP contribution in [-0.2, 0) is 4.79 Å². The molecule has 1 saturated heterocycles. The third-order valence-corrected chi connectivity index (χ3v) is 5.66. The first-order valence-corrected chi connectivity index (χ1v) is 9.65. The molecule has 27 heavy (non-hydrogen) atoms. The minimum absolute atomic E-state index is 0.0567. The van der Waals surface area contributed by atoms with Gasteiger partial charge in [0, 0.05) is 5.56 Å². The molecule has 0 radical (unpaired) electrons. The van der Waals surface area contributed by atoms with Crippen molar-refractivity contribution in [2.75, 3.05) is 19.7 Å². The van der Waals surface area contributed by atoms with Gasteiger partial charge in [0.15, 0.2) is 0 Å². The highest BCUT2D eigenvalue weighted by atomic mass is 19.1. The van der Waals surface area contributed by atoms with Gasteiger partial charge in [0.2, 0.25) is 5.91 Å². The number of ether oxygens (including phenoxy) is 1. The first kappa shape index (κ1) is 18.0. The fourth-order valence-electron chi connectivity index (χ4n) is 4.15. The molecule has 0 aliphatic carbocycles. The zero-order valence-electron chi connectivity index (χ0n) is 15.5. The maximum Gasteiger partial charge on any atom is 0.227 e. The van der Waals surface area contributed by atoms with Crippen LogP contribution >= 0.6 is 0 Å². The van der Waals surface area contributed by atoms with Crippen LogP contribution in [0.5, 0.6) is 5.75 Å². The van der Waals surface area contributed by atoms with E-state index in [-0.39, 0.29) is 29.7 Å². The highest BCUT2D eigenvalue weighted by molar-refractivity contribution is 5.83. The van der Waals surface area contributed by atoms with Gasteiger partial charge in [-0.15, -0.1) is 0 Å². The maximum absolute atomic E-state index is 13.2. The molecule has 4 rings (SSSR count). The number of hydrogen-bond donors (Lipinski definition) is 1. The third kappa shape index (κ3) is 3.69. The summed E-state index contributed by atoms with van der Waals surface area (Å²) in [6.45, 7) is 4.39. The number of carbonyl (C=O) groups excluding carboxylic acids is 1. The second-order valence-corrected chi connectivity index (χ2v) is 7.43. The second kappa shape index (κ2) is 7.69. The van der Waals surface area contributed by atoms with Crippen LogP contribution in [0, 0.1) is 5.82 Å². The first-order valence-electron chi connectivity index (χ1n) is 9.65. The van der Waals surface area contributed by atoms with Gasteiger partial charge >= 0.3 is 0 Å². The van der Waals surface area contributed by atoms with E-state index in [0.29, 0.717) is 6.61 Å². The van der Waals surface area contributed by atoms with Crippen molar-refractivity contribution >= 4 is 5.91 Å². The first-order chi connectivity index (χ1) is 13.1. The van der Waals surface area contributed by atoms with Crippen LogP contribution in [0.3, 0.4) is 0 Å². The van der Waals surface area contributed by atoms with Crippen LogP contribution in [0.1, 0.15) is 42.9 Å². The predicted molar refractivity (Wildman–Crippen MR) is 102 cm³/mol. The van der Waals surface area contributed by atoms with E-state index in [2.05, 4.69) is 16.3 Å². The quantitative estimate of drug-likeness (QED) is 0.896. The zero-order valence-corrected chi connectivity index (χ0v) is 15.5. The molecule has 0 unspecified atom stereocenters. The van der Waals surface area contributed by atoms with E-state index < -0.39 is 0 Å². The number of amides is 1. The van der Waals surface area contributed by atoms with Crippen LogP contribution in [0.25, 0.3) is 0 Å². The van der Waals surface area contributed by atoms with E-state index in [4.69, 9.17) is 4.74 Å². The van der Waals surface area contributed by atoms with Crippen molar-refractivity contribution in [3.05, 3.63) is 65.5 Å². The highest BCUT2D eigenvalue weighted by Gasteiger charge is 2.37. The smallest absolute Gasteiger partial charge is 0.227 e. The van der Waals surface area contributed by atoms with E-state index in [1.54, 1.807) is 12.1 Å². The molecular formula is C22H25FN2O2. The number of nitrogens with zero attached hydrogens (tertiary/aromatic N) is 1. The number of likely N-dealkylation sites (tertiary alicyclic amines) is 1. The predicted octanol–water partition coefficient (Wildman–Crippen LogP) is 3.64. The van der Waals surface area contributed by atoms with Crippen molar-refractivity contribution < 1.29 is 13.9 Å². The van der Waals surface area contributed by atoms with Crippen LogP contribution in [0.15, 0.2) is 48.5 Å². The molecule has 142 valence electrons. The Morgan fingerprint density at radius 3 is 2.59 bits per heavy atom. The van der Waals surface area contributed by atoms with E-state index in [0.717, 1.165) is 30.0 Å². The summed E-state index contributed by atoms with van der Waals surface area (Å²) >= 11 is 0. The molecule has 0 aromatic heterocycles. The Labute approximate surface area is 159 Å². The molecule has 0 spiro atoms. The molecule has 2 aliphatic rings. The zero-order chi connectivity index (χ0) is 18.8. The minimum atomic E-state index is -0.345. The van der Waals surface area contributed by atoms with Crippen molar-refractivity contribution in [1.82, 2.24) is 10.2 Å². The lowest BCUT2D eigenvalue weighted by atomic mass is 9.93. The summed E-state index contributed by atoms with van der Waals surface area (Å²) in [5.41, 5.74) is 1.95. The summed E-state index contributed by atoms with van der Waals surface area (Å²) in [6.07, 6.45) is 2.37. The van der Waals surface area contributed by atoms with E-state index >= 15 is 0 Å². The largest absolute Gasteiger partial charge is 0.491 e. The highest BCUT2D eigenvalue weighted by Crippen LogP contribution is 2.37. The van der Waals surface area contributed by atoms with Crippen LogP contribution in [0.4, 0.5) is 4.39 Å². The number of nitrogens with one attached hydrogen (secondary N) is 1. The molecule has 2 heterocycles. The average Bonchev–Trinajstić information content (AvgIpc) is 3.22. The fraction of sp³-hybridized carbons (Fsp3) is 0.409. The number of para-hydroxylation sites is 1. The van der Waals surface area contributed by atoms with Crippen LogP contribution < -0.4 is 10.1 Å². The lowest BCUT2D eigenvalue weighted by Crippen LogP contribution is -2.51. The molecule has 5 heteroatoms. The molecule has 4 nitrogen and oxygen atoms in total. The Balaban J connectivity index is 1.54. The number of benzene rings is 2. The van der Waals surface area contributed by atoms with Crippen LogP contribution in [0.2, 0.25) is 0 Å². The molecule has 1 fully saturated rings. The number of fused-ring (bicyclic) bond motifs is 1. The van der Waals surface area contributed by atoms with E-state index in [9.17, 15) is 9.18 Å². The van der Waals surface area contributed by atoms with Gasteiger partial charge in [0.1, 0.15) is 18.2 Å². The molecule has 1 N–H and O–H groups in total. The second-order valence-electron chi connectivity index (χ2n) is 7.43. The average molecular weight is 368 g/mol. The number of carbonyl (C=O) groups is 1. The minimum Gasteiger partial charge on any atom is -0.491 e. The molecule has 0 saturated carbocycles. The van der Waals surface area contributed by atoms with Crippen molar-refractivity contribution in [3.8, 4) is 5.75 Å². The Morgan fingerprint density at radius 2 is 1.85 bits per heavy atom. The molecular weight excluding hydrogens is 343 g/mol. The Kier molecular flexibility index (Phi) is 5.12. The fourth-order valence-corrected chi connectivity index (χ4v) is 4.15. The maximum atomic E-state index is 13.2. The Bertz CT molecular complexity index is 802. The molecule has 1 amide bonds. The molecule has 3 atom stereocenters. The summed E-state index contributed by atoms with van der Waals surface area (Å²) in [4.78, 5) is 15.3. The van der Waals surface area contributed by atoms with Gasteiger partial charge in [-0.1, -0.05) is 30.3 Å². The van der Waals surface area contributed by atoms with Gasteiger partial charge in [-0.3, -0.25) is 9.69 Å². The SMILES string of the molecule is C[C@H](C(=O)N[C@H]1COc2ccccc2[C@@H]1N1CCCC1)c1ccc(F)cc1. The van der Waals surface area contributed by atoms with Gasteiger partial charge in [0.05, 0.1) is 18.0 Å². The van der Waals surface area contributed by atoms with Crippen molar-refractivity contribution in [1.29, 1.82) is 0 Å². The lowest BCUT2D eigenvalue weighted by molar-refractivity contribution is -0.123. The van der Waals surface area contributed by atoms with Crippen molar-refractivity contribution in [3.63, 3.8) is 0 Å². The number of halogens is 1. The molecule has 2 aromatic carbocycles. The summed E-state index contributed by atoms with van der Waals surface area (Å²) in [7, 11) is 0. The Morgan fingerprint density at radius 1 is 1.15 bits per heavy atom. The molecule has 2 aromatic rings. The number of rotatable bonds is 4. The van der Waals surface area contributed by atoms with Gasteiger partial charge in [0.25, 0.3) is 0 Å². The summed E-state index contributed by atoms with van der Waals surface area (Å²) in [5, 5.41) is 3.20. The molecule has 2 aliphatic heterocycles. The Hall–Kier alpha value is -2.40. The molecule has 0 bridgehead atoms. The summed E-state index contributed by atoms with van der Waals surface area (Å²) in [6, 6.07) is 14.3. The van der Waals surface area contributed by atoms with E-state index in [1.807, 2.05) is 25.1 Å². The number of hydrogen-bond acceptors (Lipinski definition) is 3. The topological polar surface area (TPSA) is 41.6 Å².